The lowest BCUT2D eigenvalue weighted by molar-refractivity contribution is -0.141. The van der Waals surface area contributed by atoms with Crippen LogP contribution in [-0.2, 0) is 9.53 Å². The van der Waals surface area contributed by atoms with E-state index in [9.17, 15) is 9.59 Å². The highest BCUT2D eigenvalue weighted by Gasteiger charge is 2.09. The molecular formula is C15H21NO4. The topological polar surface area (TPSA) is 64.6 Å². The second-order valence-corrected chi connectivity index (χ2v) is 4.35. The van der Waals surface area contributed by atoms with E-state index in [2.05, 4.69) is 5.32 Å². The molecule has 0 bridgehead atoms. The fourth-order valence-electron chi connectivity index (χ4n) is 1.47. The van der Waals surface area contributed by atoms with Gasteiger partial charge >= 0.3 is 5.97 Å². The van der Waals surface area contributed by atoms with Gasteiger partial charge in [0.1, 0.15) is 12.3 Å². The molecule has 1 unspecified atom stereocenters. The maximum absolute atomic E-state index is 11.8. The Morgan fingerprint density at radius 2 is 1.85 bits per heavy atom. The van der Waals surface area contributed by atoms with Gasteiger partial charge < -0.3 is 14.8 Å². The molecule has 0 radical (unpaired) electrons. The number of nitrogens with one attached hydrogen (secondary N) is 1. The van der Waals surface area contributed by atoms with E-state index in [-0.39, 0.29) is 18.6 Å². The molecule has 0 aliphatic rings. The zero-order chi connectivity index (χ0) is 15.0. The van der Waals surface area contributed by atoms with E-state index in [0.717, 1.165) is 12.2 Å². The Morgan fingerprint density at radius 1 is 1.20 bits per heavy atom. The average molecular weight is 279 g/mol. The molecule has 1 amide bonds. The zero-order valence-corrected chi connectivity index (χ0v) is 12.1. The molecule has 0 saturated heterocycles. The SMILES string of the molecule is CCOC(=O)CNC(=O)c1ccc(OC(C)CC)cc1. The Balaban J connectivity index is 2.51. The van der Waals surface area contributed by atoms with Gasteiger partial charge in [0.25, 0.3) is 5.91 Å². The van der Waals surface area contributed by atoms with Crippen molar-refractivity contribution in [1.82, 2.24) is 5.32 Å². The van der Waals surface area contributed by atoms with Crippen molar-refractivity contribution in [3.8, 4) is 5.75 Å². The molecule has 1 aromatic carbocycles. The number of carbonyl (C=O) groups is 2. The van der Waals surface area contributed by atoms with Crippen molar-refractivity contribution in [2.45, 2.75) is 33.3 Å². The number of hydrogen-bond donors (Lipinski definition) is 1. The lowest BCUT2D eigenvalue weighted by Crippen LogP contribution is -2.30. The van der Waals surface area contributed by atoms with E-state index in [1.807, 2.05) is 13.8 Å². The number of rotatable bonds is 7. The van der Waals surface area contributed by atoms with E-state index < -0.39 is 5.97 Å². The summed E-state index contributed by atoms with van der Waals surface area (Å²) in [7, 11) is 0. The first-order valence-corrected chi connectivity index (χ1v) is 6.77. The van der Waals surface area contributed by atoms with E-state index in [1.165, 1.54) is 0 Å². The van der Waals surface area contributed by atoms with Crippen LogP contribution in [0.5, 0.6) is 5.75 Å². The quantitative estimate of drug-likeness (QED) is 0.777. The lowest BCUT2D eigenvalue weighted by Gasteiger charge is -2.12. The Morgan fingerprint density at radius 3 is 2.40 bits per heavy atom. The third kappa shape index (κ3) is 5.30. The molecule has 1 N–H and O–H groups in total. The van der Waals surface area contributed by atoms with Crippen molar-refractivity contribution in [2.24, 2.45) is 0 Å². The molecule has 0 aliphatic carbocycles. The fraction of sp³-hybridized carbons (Fsp3) is 0.467. The van der Waals surface area contributed by atoms with Crippen LogP contribution in [0.3, 0.4) is 0 Å². The monoisotopic (exact) mass is 279 g/mol. The highest BCUT2D eigenvalue weighted by molar-refractivity contribution is 5.95. The van der Waals surface area contributed by atoms with Crippen LogP contribution in [0.15, 0.2) is 24.3 Å². The minimum absolute atomic E-state index is 0.127. The van der Waals surface area contributed by atoms with Gasteiger partial charge in [-0.2, -0.15) is 0 Å². The molecule has 1 rings (SSSR count). The summed E-state index contributed by atoms with van der Waals surface area (Å²) in [5, 5.41) is 2.50. The summed E-state index contributed by atoms with van der Waals surface area (Å²) in [4.78, 5) is 22.9. The summed E-state index contributed by atoms with van der Waals surface area (Å²) in [5.74, 6) is -0.0352. The molecular weight excluding hydrogens is 258 g/mol. The van der Waals surface area contributed by atoms with Gasteiger partial charge in [-0.15, -0.1) is 0 Å². The summed E-state index contributed by atoms with van der Waals surface area (Å²) >= 11 is 0. The van der Waals surface area contributed by atoms with Crippen molar-refractivity contribution >= 4 is 11.9 Å². The molecule has 5 nitrogen and oxygen atoms in total. The highest BCUT2D eigenvalue weighted by atomic mass is 16.5. The summed E-state index contributed by atoms with van der Waals surface area (Å²) in [6, 6.07) is 6.81. The van der Waals surface area contributed by atoms with Crippen LogP contribution in [-0.4, -0.2) is 31.1 Å². The number of ether oxygens (including phenoxy) is 2. The first-order chi connectivity index (χ1) is 9.56. The molecule has 20 heavy (non-hydrogen) atoms. The summed E-state index contributed by atoms with van der Waals surface area (Å²) in [5.41, 5.74) is 0.478. The molecule has 110 valence electrons. The van der Waals surface area contributed by atoms with Gasteiger partial charge in [0.2, 0.25) is 0 Å². The average Bonchev–Trinajstić information content (AvgIpc) is 2.45. The van der Waals surface area contributed by atoms with Gasteiger partial charge in [0, 0.05) is 5.56 Å². The Bertz CT molecular complexity index is 442. The predicted molar refractivity (Wildman–Crippen MR) is 75.8 cm³/mol. The largest absolute Gasteiger partial charge is 0.491 e. The molecule has 0 fully saturated rings. The third-order valence-corrected chi connectivity index (χ3v) is 2.73. The minimum atomic E-state index is -0.447. The molecule has 5 heteroatoms. The molecule has 0 aromatic heterocycles. The number of amides is 1. The van der Waals surface area contributed by atoms with E-state index in [1.54, 1.807) is 31.2 Å². The molecule has 0 spiro atoms. The second kappa shape index (κ2) is 8.19. The maximum Gasteiger partial charge on any atom is 0.325 e. The van der Waals surface area contributed by atoms with Crippen LogP contribution in [0.4, 0.5) is 0 Å². The van der Waals surface area contributed by atoms with Crippen LogP contribution in [0.1, 0.15) is 37.6 Å². The summed E-state index contributed by atoms with van der Waals surface area (Å²) in [6.07, 6.45) is 1.06. The molecule has 0 aliphatic heterocycles. The third-order valence-electron chi connectivity index (χ3n) is 2.73. The van der Waals surface area contributed by atoms with Crippen molar-refractivity contribution < 1.29 is 19.1 Å². The van der Waals surface area contributed by atoms with Crippen molar-refractivity contribution in [3.05, 3.63) is 29.8 Å². The van der Waals surface area contributed by atoms with Crippen LogP contribution >= 0.6 is 0 Å². The zero-order valence-electron chi connectivity index (χ0n) is 12.1. The van der Waals surface area contributed by atoms with Gasteiger partial charge in [0.05, 0.1) is 12.7 Å². The fourth-order valence-corrected chi connectivity index (χ4v) is 1.47. The summed E-state index contributed by atoms with van der Waals surface area (Å²) in [6.45, 7) is 5.92. The Hall–Kier alpha value is -2.04. The predicted octanol–water partition coefficient (Wildman–Crippen LogP) is 2.16. The molecule has 0 heterocycles. The molecule has 1 atom stereocenters. The number of hydrogen-bond acceptors (Lipinski definition) is 4. The normalized spacial score (nSPS) is 11.6. The minimum Gasteiger partial charge on any atom is -0.491 e. The van der Waals surface area contributed by atoms with E-state index >= 15 is 0 Å². The maximum atomic E-state index is 11.8. The first kappa shape index (κ1) is 16.0. The standard InChI is InChI=1S/C15H21NO4/c1-4-11(3)20-13-8-6-12(7-9-13)15(18)16-10-14(17)19-5-2/h6-9,11H,4-5,10H2,1-3H3,(H,16,18). The van der Waals surface area contributed by atoms with Crippen molar-refractivity contribution in [3.63, 3.8) is 0 Å². The molecule has 0 saturated carbocycles. The molecule has 1 aromatic rings. The Labute approximate surface area is 119 Å². The van der Waals surface area contributed by atoms with Crippen molar-refractivity contribution in [1.29, 1.82) is 0 Å². The number of esters is 1. The van der Waals surface area contributed by atoms with Crippen molar-refractivity contribution in [2.75, 3.05) is 13.2 Å². The van der Waals surface area contributed by atoms with Crippen LogP contribution in [0.25, 0.3) is 0 Å². The number of carbonyl (C=O) groups excluding carboxylic acids is 2. The first-order valence-electron chi connectivity index (χ1n) is 6.77. The number of benzene rings is 1. The van der Waals surface area contributed by atoms with Gasteiger partial charge in [-0.05, 0) is 44.5 Å². The van der Waals surface area contributed by atoms with E-state index in [4.69, 9.17) is 9.47 Å². The van der Waals surface area contributed by atoms with Gasteiger partial charge in [-0.3, -0.25) is 9.59 Å². The smallest absolute Gasteiger partial charge is 0.325 e. The summed E-state index contributed by atoms with van der Waals surface area (Å²) < 4.78 is 10.4. The van der Waals surface area contributed by atoms with E-state index in [0.29, 0.717) is 12.2 Å². The lowest BCUT2D eigenvalue weighted by atomic mass is 10.2. The highest BCUT2D eigenvalue weighted by Crippen LogP contribution is 2.14. The van der Waals surface area contributed by atoms with Gasteiger partial charge in [-0.1, -0.05) is 6.92 Å². The van der Waals surface area contributed by atoms with Gasteiger partial charge in [-0.25, -0.2) is 0 Å². The van der Waals surface area contributed by atoms with Crippen LogP contribution < -0.4 is 10.1 Å². The Kier molecular flexibility index (Phi) is 6.56. The van der Waals surface area contributed by atoms with Gasteiger partial charge in [0.15, 0.2) is 0 Å². The second-order valence-electron chi connectivity index (χ2n) is 4.35. The van der Waals surface area contributed by atoms with Crippen LogP contribution in [0.2, 0.25) is 0 Å². The van der Waals surface area contributed by atoms with Crippen LogP contribution in [0, 0.1) is 0 Å².